The number of para-hydroxylation sites is 6. The SMILES string of the molecule is N#Cc1c(-n2c3ccccc3c3ccccc32)c(-n2c3ccccc3c3ccccc32)c(C#N)c(-n2c3cc(-c4cccc5ccccc45)ccc3c3ccc4c5ccccc5sc4c32)c1-n1c2ccccc2c2ccccc21. The van der Waals surface area contributed by atoms with E-state index < -0.39 is 0 Å². The largest absolute Gasteiger partial charge is 0.306 e. The van der Waals surface area contributed by atoms with Crippen molar-refractivity contribution >= 4 is 130 Å². The molecule has 0 fully saturated rings. The first-order valence-corrected chi connectivity index (χ1v) is 27.4. The Morgan fingerprint density at radius 2 is 0.658 bits per heavy atom. The van der Waals surface area contributed by atoms with Gasteiger partial charge < -0.3 is 18.3 Å². The number of hydrogen-bond donors (Lipinski definition) is 0. The number of aromatic nitrogens is 4. The van der Waals surface area contributed by atoms with Crippen LogP contribution in [0.15, 0.2) is 243 Å². The number of rotatable bonds is 5. The molecule has 17 aromatic rings. The lowest BCUT2D eigenvalue weighted by Crippen LogP contribution is -2.16. The van der Waals surface area contributed by atoms with Gasteiger partial charge in [-0.25, -0.2) is 0 Å². The molecule has 0 unspecified atom stereocenters. The Hall–Kier alpha value is -10.7. The zero-order chi connectivity index (χ0) is 52.0. The van der Waals surface area contributed by atoms with Crippen molar-refractivity contribution in [1.82, 2.24) is 18.3 Å². The zero-order valence-electron chi connectivity index (χ0n) is 42.2. The van der Waals surface area contributed by atoms with Gasteiger partial charge in [0.15, 0.2) is 0 Å². The van der Waals surface area contributed by atoms with Crippen LogP contribution in [0, 0.1) is 22.7 Å². The first kappa shape index (κ1) is 43.5. The molecule has 0 aliphatic heterocycles. The van der Waals surface area contributed by atoms with Gasteiger partial charge in [0.25, 0.3) is 0 Å². The number of nitrogens with zero attached hydrogens (tertiary/aromatic N) is 6. The minimum absolute atomic E-state index is 0.423. The molecule has 7 heteroatoms. The van der Waals surface area contributed by atoms with Crippen LogP contribution in [0.4, 0.5) is 0 Å². The summed E-state index contributed by atoms with van der Waals surface area (Å²) in [7, 11) is 0. The molecule has 0 atom stereocenters. The van der Waals surface area contributed by atoms with E-state index in [-0.39, 0.29) is 0 Å². The molecule has 0 amide bonds. The monoisotopic (exact) mass is 1020 g/mol. The molecule has 0 bridgehead atoms. The molecule has 5 aromatic heterocycles. The predicted molar refractivity (Wildman–Crippen MR) is 329 cm³/mol. The maximum absolute atomic E-state index is 12.9. The standard InChI is InChI=1S/C72H40N6S/c73-41-57-67(75-59-29-10-3-21-47(59)48-22-4-11-30-60(48)75)68(76-61-31-12-5-23-49(61)50-24-6-13-32-62(50)76)58(42-74)70(69(57)77-63-33-14-7-25-51(63)52-26-8-15-34-64(52)77)78-65-40-44(46-28-17-19-43-18-1-2-20-45(43)46)36-37-53(65)55-38-39-56-54-27-9-16-35-66(54)79-72(56)71(55)78/h1-40H. The van der Waals surface area contributed by atoms with Gasteiger partial charge in [-0.3, -0.25) is 0 Å². The summed E-state index contributed by atoms with van der Waals surface area (Å²) in [5, 5.41) is 38.8. The molecular weight excluding hydrogens is 981 g/mol. The summed E-state index contributed by atoms with van der Waals surface area (Å²) in [6.45, 7) is 0. The molecule has 17 rings (SSSR count). The molecule has 12 aromatic carbocycles. The minimum atomic E-state index is 0.423. The average molecular weight is 1020 g/mol. The molecule has 0 saturated carbocycles. The first-order valence-electron chi connectivity index (χ1n) is 26.6. The van der Waals surface area contributed by atoms with E-state index in [0.29, 0.717) is 33.9 Å². The lowest BCUT2D eigenvalue weighted by molar-refractivity contribution is 1.03. The highest BCUT2D eigenvalue weighted by molar-refractivity contribution is 7.26. The Morgan fingerprint density at radius 1 is 0.291 bits per heavy atom. The summed E-state index contributed by atoms with van der Waals surface area (Å²) >= 11 is 1.77. The summed E-state index contributed by atoms with van der Waals surface area (Å²) in [5.74, 6) is 0. The second-order valence-electron chi connectivity index (χ2n) is 20.5. The van der Waals surface area contributed by atoms with Crippen molar-refractivity contribution in [2.75, 3.05) is 0 Å². The lowest BCUT2D eigenvalue weighted by Gasteiger charge is -2.27. The van der Waals surface area contributed by atoms with Gasteiger partial charge in [0.05, 0.1) is 71.6 Å². The second kappa shape index (κ2) is 16.4. The molecule has 0 N–H and O–H groups in total. The van der Waals surface area contributed by atoms with Crippen molar-refractivity contribution in [2.45, 2.75) is 0 Å². The van der Waals surface area contributed by atoms with E-state index in [1.54, 1.807) is 11.3 Å². The predicted octanol–water partition coefficient (Wildman–Crippen LogP) is 19.0. The Balaban J connectivity index is 1.19. The Labute approximate surface area is 455 Å². The van der Waals surface area contributed by atoms with E-state index in [0.717, 1.165) is 119 Å². The highest BCUT2D eigenvalue weighted by Gasteiger charge is 2.35. The molecule has 0 saturated heterocycles. The molecule has 5 heterocycles. The summed E-state index contributed by atoms with van der Waals surface area (Å²) in [6, 6.07) is 91.9. The molecule has 364 valence electrons. The van der Waals surface area contributed by atoms with Gasteiger partial charge in [-0.05, 0) is 70.4 Å². The molecule has 0 radical (unpaired) electrons. The van der Waals surface area contributed by atoms with Crippen molar-refractivity contribution in [3.63, 3.8) is 0 Å². The van der Waals surface area contributed by atoms with E-state index in [9.17, 15) is 10.5 Å². The first-order chi connectivity index (χ1) is 39.2. The average Bonchev–Trinajstić information content (AvgIpc) is 3.50. The molecule has 0 aliphatic rings. The van der Waals surface area contributed by atoms with E-state index in [1.165, 1.54) is 10.1 Å². The van der Waals surface area contributed by atoms with Crippen LogP contribution in [0.2, 0.25) is 0 Å². The smallest absolute Gasteiger partial charge is 0.104 e. The Morgan fingerprint density at radius 3 is 1.14 bits per heavy atom. The van der Waals surface area contributed by atoms with Crippen LogP contribution in [0.3, 0.4) is 0 Å². The number of nitriles is 2. The molecule has 79 heavy (non-hydrogen) atoms. The number of hydrogen-bond acceptors (Lipinski definition) is 3. The normalized spacial score (nSPS) is 12.0. The van der Waals surface area contributed by atoms with Gasteiger partial charge >= 0.3 is 0 Å². The molecule has 0 spiro atoms. The van der Waals surface area contributed by atoms with Crippen LogP contribution >= 0.6 is 11.3 Å². The van der Waals surface area contributed by atoms with Crippen LogP contribution in [-0.4, -0.2) is 18.3 Å². The number of thiophene rings is 1. The van der Waals surface area contributed by atoms with Crippen molar-refractivity contribution in [2.24, 2.45) is 0 Å². The van der Waals surface area contributed by atoms with Crippen LogP contribution in [0.25, 0.3) is 152 Å². The third-order valence-corrected chi connectivity index (χ3v) is 17.8. The maximum Gasteiger partial charge on any atom is 0.104 e. The van der Waals surface area contributed by atoms with Crippen molar-refractivity contribution in [3.05, 3.63) is 254 Å². The maximum atomic E-state index is 12.9. The van der Waals surface area contributed by atoms with Gasteiger partial charge in [-0.2, -0.15) is 10.5 Å². The van der Waals surface area contributed by atoms with Crippen LogP contribution in [0.1, 0.15) is 11.1 Å². The molecular formula is C72H40N6S. The van der Waals surface area contributed by atoms with Gasteiger partial charge in [0.2, 0.25) is 0 Å². The van der Waals surface area contributed by atoms with Crippen LogP contribution < -0.4 is 0 Å². The van der Waals surface area contributed by atoms with E-state index in [2.05, 4.69) is 273 Å². The summed E-state index contributed by atoms with van der Waals surface area (Å²) in [5.41, 5.74) is 12.9. The van der Waals surface area contributed by atoms with Crippen molar-refractivity contribution < 1.29 is 0 Å². The van der Waals surface area contributed by atoms with Crippen LogP contribution in [-0.2, 0) is 0 Å². The third kappa shape index (κ3) is 5.86. The van der Waals surface area contributed by atoms with Gasteiger partial charge in [0.1, 0.15) is 23.3 Å². The topological polar surface area (TPSA) is 67.3 Å². The quantitative estimate of drug-likeness (QED) is 0.172. The van der Waals surface area contributed by atoms with E-state index in [4.69, 9.17) is 0 Å². The molecule has 0 aliphatic carbocycles. The fourth-order valence-electron chi connectivity index (χ4n) is 13.4. The van der Waals surface area contributed by atoms with Crippen molar-refractivity contribution in [1.29, 1.82) is 10.5 Å². The van der Waals surface area contributed by atoms with E-state index >= 15 is 0 Å². The van der Waals surface area contributed by atoms with Crippen molar-refractivity contribution in [3.8, 4) is 46.0 Å². The Kier molecular flexibility index (Phi) is 9.04. The van der Waals surface area contributed by atoms with E-state index in [1.807, 2.05) is 0 Å². The summed E-state index contributed by atoms with van der Waals surface area (Å²) in [6.07, 6.45) is 0. The highest BCUT2D eigenvalue weighted by atomic mass is 32.1. The fourth-order valence-corrected chi connectivity index (χ4v) is 14.7. The van der Waals surface area contributed by atoms with Gasteiger partial charge in [0, 0.05) is 58.6 Å². The number of fused-ring (bicyclic) bond motifs is 17. The second-order valence-corrected chi connectivity index (χ2v) is 21.6. The minimum Gasteiger partial charge on any atom is -0.306 e. The van der Waals surface area contributed by atoms with Gasteiger partial charge in [-0.15, -0.1) is 11.3 Å². The fraction of sp³-hybridized carbons (Fsp3) is 0. The Bertz CT molecular complexity index is 5440. The van der Waals surface area contributed by atoms with Crippen LogP contribution in [0.5, 0.6) is 0 Å². The number of benzene rings is 12. The van der Waals surface area contributed by atoms with Gasteiger partial charge in [-0.1, -0.05) is 194 Å². The highest BCUT2D eigenvalue weighted by Crippen LogP contribution is 2.51. The summed E-state index contributed by atoms with van der Waals surface area (Å²) in [4.78, 5) is 0. The zero-order valence-corrected chi connectivity index (χ0v) is 43.0. The third-order valence-electron chi connectivity index (χ3n) is 16.6. The molecule has 6 nitrogen and oxygen atoms in total. The lowest BCUT2D eigenvalue weighted by atomic mass is 9.97. The summed E-state index contributed by atoms with van der Waals surface area (Å²) < 4.78 is 11.5.